The number of halogens is 3. The topological polar surface area (TPSA) is 35.2 Å². The number of nitrogens with two attached hydrogens (primary N) is 1. The number of benzene rings is 1. The molecule has 1 aromatic rings. The molecule has 2 N–H and O–H groups in total. The van der Waals surface area contributed by atoms with E-state index in [1.807, 2.05) is 0 Å². The van der Waals surface area contributed by atoms with E-state index in [9.17, 15) is 13.2 Å². The van der Waals surface area contributed by atoms with Crippen LogP contribution in [-0.2, 0) is 6.42 Å². The number of alkyl halides is 3. The number of fused-ring (bicyclic) bond motifs is 1. The van der Waals surface area contributed by atoms with Gasteiger partial charge in [0.2, 0.25) is 0 Å². The van der Waals surface area contributed by atoms with E-state index in [-0.39, 0.29) is 5.56 Å². The fourth-order valence-electron chi connectivity index (χ4n) is 1.84. The third-order valence-corrected chi connectivity index (χ3v) is 2.65. The second-order valence-electron chi connectivity index (χ2n) is 3.81. The van der Waals surface area contributed by atoms with Crippen LogP contribution >= 0.6 is 0 Å². The van der Waals surface area contributed by atoms with Crippen molar-refractivity contribution in [3.05, 3.63) is 29.3 Å². The molecule has 0 aromatic heterocycles. The SMILES string of the molecule is NC(c1cccc2c1OCCC2)C(F)(F)F. The van der Waals surface area contributed by atoms with E-state index in [4.69, 9.17) is 10.5 Å². The second kappa shape index (κ2) is 3.97. The number of hydrogen-bond donors (Lipinski definition) is 1. The summed E-state index contributed by atoms with van der Waals surface area (Å²) in [4.78, 5) is 0. The Labute approximate surface area is 91.2 Å². The summed E-state index contributed by atoms with van der Waals surface area (Å²) < 4.78 is 42.9. The van der Waals surface area contributed by atoms with Gasteiger partial charge in [-0.25, -0.2) is 0 Å². The highest BCUT2D eigenvalue weighted by Crippen LogP contribution is 2.38. The zero-order valence-corrected chi connectivity index (χ0v) is 8.55. The van der Waals surface area contributed by atoms with Crippen LogP contribution < -0.4 is 10.5 Å². The number of hydrogen-bond acceptors (Lipinski definition) is 2. The van der Waals surface area contributed by atoms with Gasteiger partial charge < -0.3 is 10.5 Å². The fourth-order valence-corrected chi connectivity index (χ4v) is 1.84. The molecule has 1 atom stereocenters. The molecule has 2 nitrogen and oxygen atoms in total. The third-order valence-electron chi connectivity index (χ3n) is 2.65. The molecule has 0 fully saturated rings. The molecule has 1 aliphatic rings. The van der Waals surface area contributed by atoms with Crippen LogP contribution in [0.2, 0.25) is 0 Å². The standard InChI is InChI=1S/C11H12F3NO/c12-11(13,14)10(15)8-5-1-3-7-4-2-6-16-9(7)8/h1,3,5,10H,2,4,6,15H2. The number of aryl methyl sites for hydroxylation is 1. The molecule has 16 heavy (non-hydrogen) atoms. The molecule has 0 bridgehead atoms. The molecule has 0 saturated carbocycles. The van der Waals surface area contributed by atoms with Gasteiger partial charge in [0.05, 0.1) is 6.61 Å². The molecule has 5 heteroatoms. The average Bonchev–Trinajstić information content (AvgIpc) is 2.26. The maximum absolute atomic E-state index is 12.5. The summed E-state index contributed by atoms with van der Waals surface area (Å²) in [5, 5.41) is 0. The summed E-state index contributed by atoms with van der Waals surface area (Å²) in [7, 11) is 0. The molecule has 2 rings (SSSR count). The van der Waals surface area contributed by atoms with Crippen LogP contribution in [0.4, 0.5) is 13.2 Å². The molecule has 1 unspecified atom stereocenters. The molecule has 1 aromatic carbocycles. The van der Waals surface area contributed by atoms with Crippen molar-refractivity contribution in [3.8, 4) is 5.75 Å². The van der Waals surface area contributed by atoms with Crippen LogP contribution in [0.3, 0.4) is 0 Å². The molecule has 0 radical (unpaired) electrons. The van der Waals surface area contributed by atoms with Gasteiger partial charge in [-0.2, -0.15) is 13.2 Å². The van der Waals surface area contributed by atoms with Gasteiger partial charge in [-0.3, -0.25) is 0 Å². The highest BCUT2D eigenvalue weighted by Gasteiger charge is 2.40. The first kappa shape index (κ1) is 11.3. The lowest BCUT2D eigenvalue weighted by Crippen LogP contribution is -2.29. The summed E-state index contributed by atoms with van der Waals surface area (Å²) in [6.45, 7) is 0.453. The van der Waals surface area contributed by atoms with Gasteiger partial charge in [-0.15, -0.1) is 0 Å². The first-order chi connectivity index (χ1) is 7.50. The van der Waals surface area contributed by atoms with Crippen LogP contribution in [0.25, 0.3) is 0 Å². The normalized spacial score (nSPS) is 17.5. The summed E-state index contributed by atoms with van der Waals surface area (Å²) in [6.07, 6.45) is -2.86. The fraction of sp³-hybridized carbons (Fsp3) is 0.455. The van der Waals surface area contributed by atoms with Crippen LogP contribution in [-0.4, -0.2) is 12.8 Å². The summed E-state index contributed by atoms with van der Waals surface area (Å²) >= 11 is 0. The maximum atomic E-state index is 12.5. The van der Waals surface area contributed by atoms with Crippen molar-refractivity contribution in [2.45, 2.75) is 25.1 Å². The Morgan fingerprint density at radius 3 is 2.75 bits per heavy atom. The third kappa shape index (κ3) is 2.00. The van der Waals surface area contributed by atoms with Crippen molar-refractivity contribution in [1.82, 2.24) is 0 Å². The average molecular weight is 231 g/mol. The van der Waals surface area contributed by atoms with Gasteiger partial charge in [0.15, 0.2) is 0 Å². The van der Waals surface area contributed by atoms with Gasteiger partial charge >= 0.3 is 6.18 Å². The lowest BCUT2D eigenvalue weighted by molar-refractivity contribution is -0.149. The molecule has 1 heterocycles. The van der Waals surface area contributed by atoms with E-state index in [1.54, 1.807) is 12.1 Å². The quantitative estimate of drug-likeness (QED) is 0.806. The summed E-state index contributed by atoms with van der Waals surface area (Å²) in [6, 6.07) is 2.78. The number of para-hydroxylation sites is 1. The molecular formula is C11H12F3NO. The van der Waals surface area contributed by atoms with Crippen molar-refractivity contribution in [2.75, 3.05) is 6.61 Å². The molecule has 0 saturated heterocycles. The Balaban J connectivity index is 2.41. The zero-order chi connectivity index (χ0) is 11.8. The Kier molecular flexibility index (Phi) is 2.80. The first-order valence-electron chi connectivity index (χ1n) is 5.07. The minimum absolute atomic E-state index is 0.0321. The van der Waals surface area contributed by atoms with Gasteiger partial charge in [0.25, 0.3) is 0 Å². The molecule has 0 aliphatic carbocycles. The highest BCUT2D eigenvalue weighted by molar-refractivity contribution is 5.44. The first-order valence-corrected chi connectivity index (χ1v) is 5.07. The molecular weight excluding hydrogens is 219 g/mol. The van der Waals surface area contributed by atoms with Crippen LogP contribution in [0.15, 0.2) is 18.2 Å². The summed E-state index contributed by atoms with van der Waals surface area (Å²) in [5.74, 6) is 0.318. The van der Waals surface area contributed by atoms with Crippen molar-refractivity contribution in [2.24, 2.45) is 5.73 Å². The number of ether oxygens (including phenoxy) is 1. The molecule has 88 valence electrons. The van der Waals surface area contributed by atoms with Gasteiger partial charge in [0, 0.05) is 5.56 Å². The predicted molar refractivity (Wildman–Crippen MR) is 53.2 cm³/mol. The molecule has 0 amide bonds. The van der Waals surface area contributed by atoms with Gasteiger partial charge in [-0.1, -0.05) is 18.2 Å². The highest BCUT2D eigenvalue weighted by atomic mass is 19.4. The van der Waals surface area contributed by atoms with Gasteiger partial charge in [0.1, 0.15) is 11.8 Å². The van der Waals surface area contributed by atoms with E-state index >= 15 is 0 Å². The van der Waals surface area contributed by atoms with E-state index in [0.29, 0.717) is 12.4 Å². The van der Waals surface area contributed by atoms with E-state index in [0.717, 1.165) is 18.4 Å². The lowest BCUT2D eigenvalue weighted by Gasteiger charge is -2.24. The van der Waals surface area contributed by atoms with E-state index < -0.39 is 12.2 Å². The van der Waals surface area contributed by atoms with E-state index in [1.165, 1.54) is 6.07 Å². The van der Waals surface area contributed by atoms with Crippen molar-refractivity contribution >= 4 is 0 Å². The Morgan fingerprint density at radius 2 is 2.06 bits per heavy atom. The van der Waals surface area contributed by atoms with Crippen molar-refractivity contribution < 1.29 is 17.9 Å². The molecule has 1 aliphatic heterocycles. The molecule has 0 spiro atoms. The Morgan fingerprint density at radius 1 is 1.31 bits per heavy atom. The predicted octanol–water partition coefficient (Wildman–Crippen LogP) is 2.57. The number of rotatable bonds is 1. The zero-order valence-electron chi connectivity index (χ0n) is 8.55. The minimum Gasteiger partial charge on any atom is -0.493 e. The van der Waals surface area contributed by atoms with Gasteiger partial charge in [-0.05, 0) is 18.4 Å². The van der Waals surface area contributed by atoms with Crippen LogP contribution in [0.5, 0.6) is 5.75 Å². The minimum atomic E-state index is -4.43. The van der Waals surface area contributed by atoms with Crippen LogP contribution in [0, 0.1) is 0 Å². The summed E-state index contributed by atoms with van der Waals surface area (Å²) in [5.41, 5.74) is 6.03. The Bertz CT molecular complexity index is 389. The van der Waals surface area contributed by atoms with Crippen molar-refractivity contribution in [1.29, 1.82) is 0 Å². The van der Waals surface area contributed by atoms with E-state index in [2.05, 4.69) is 0 Å². The Hall–Kier alpha value is -1.23. The monoisotopic (exact) mass is 231 g/mol. The lowest BCUT2D eigenvalue weighted by atomic mass is 9.98. The smallest absolute Gasteiger partial charge is 0.407 e. The maximum Gasteiger partial charge on any atom is 0.407 e. The van der Waals surface area contributed by atoms with Crippen LogP contribution in [0.1, 0.15) is 23.6 Å². The second-order valence-corrected chi connectivity index (χ2v) is 3.81. The van der Waals surface area contributed by atoms with Crippen molar-refractivity contribution in [3.63, 3.8) is 0 Å². The largest absolute Gasteiger partial charge is 0.493 e.